The molecule has 1 aromatic carbocycles. The molecule has 0 radical (unpaired) electrons. The van der Waals surface area contributed by atoms with Gasteiger partial charge in [-0.2, -0.15) is 0 Å². The van der Waals surface area contributed by atoms with Gasteiger partial charge in [-0.15, -0.1) is 11.3 Å². The molecule has 1 aromatic heterocycles. The maximum absolute atomic E-state index is 13.1. The molecule has 0 bridgehead atoms. The topological polar surface area (TPSA) is 61.4 Å². The summed E-state index contributed by atoms with van der Waals surface area (Å²) in [5.74, 6) is 0.0953. The first kappa shape index (κ1) is 19.0. The summed E-state index contributed by atoms with van der Waals surface area (Å²) in [5.41, 5.74) is 1.20. The van der Waals surface area contributed by atoms with Crippen molar-refractivity contribution in [1.82, 2.24) is 10.2 Å². The highest BCUT2D eigenvalue weighted by atomic mass is 32.1. The van der Waals surface area contributed by atoms with Crippen LogP contribution >= 0.6 is 11.3 Å². The van der Waals surface area contributed by atoms with Crippen molar-refractivity contribution in [2.45, 2.75) is 45.7 Å². The molecular formula is C20H27N3O2S. The summed E-state index contributed by atoms with van der Waals surface area (Å²) in [6.45, 7) is 9.30. The van der Waals surface area contributed by atoms with E-state index in [4.69, 9.17) is 0 Å². The van der Waals surface area contributed by atoms with Gasteiger partial charge in [0.25, 0.3) is 0 Å². The number of Topliss-reactive ketones (excluding diaryl/α,β-unsaturated/α-hetero) is 1. The van der Waals surface area contributed by atoms with Crippen molar-refractivity contribution < 1.29 is 9.59 Å². The van der Waals surface area contributed by atoms with Crippen LogP contribution in [0.15, 0.2) is 18.2 Å². The number of likely N-dealkylation sites (N-methyl/N-ethyl adjacent to an activating group) is 1. The zero-order chi connectivity index (χ0) is 19.1. The van der Waals surface area contributed by atoms with E-state index in [-0.39, 0.29) is 17.7 Å². The average molecular weight is 374 g/mol. The lowest BCUT2D eigenvalue weighted by Gasteiger charge is -2.31. The fourth-order valence-electron chi connectivity index (χ4n) is 3.81. The molecule has 1 aliphatic rings. The van der Waals surface area contributed by atoms with E-state index in [0.29, 0.717) is 6.54 Å². The molecule has 1 amide bonds. The highest BCUT2D eigenvalue weighted by Gasteiger charge is 2.43. The SMILES string of the molecule is CC(=O)c1sc2ccc(NC(=O)[C@]3(NC(C)C)CCN(C)C3)cc2c1C. The van der Waals surface area contributed by atoms with Crippen molar-refractivity contribution in [3.05, 3.63) is 28.6 Å². The maximum Gasteiger partial charge on any atom is 0.246 e. The Balaban J connectivity index is 1.88. The summed E-state index contributed by atoms with van der Waals surface area (Å²) >= 11 is 1.51. The number of carbonyl (C=O) groups is 2. The lowest BCUT2D eigenvalue weighted by molar-refractivity contribution is -0.122. The van der Waals surface area contributed by atoms with Gasteiger partial charge in [-0.1, -0.05) is 0 Å². The fourth-order valence-corrected chi connectivity index (χ4v) is 4.89. The van der Waals surface area contributed by atoms with Gasteiger partial charge in [-0.3, -0.25) is 14.9 Å². The van der Waals surface area contributed by atoms with Gasteiger partial charge in [-0.05, 0) is 70.3 Å². The van der Waals surface area contributed by atoms with Gasteiger partial charge < -0.3 is 10.2 Å². The number of likely N-dealkylation sites (tertiary alicyclic amines) is 1. The summed E-state index contributed by atoms with van der Waals surface area (Å²) in [5, 5.41) is 7.61. The highest BCUT2D eigenvalue weighted by Crippen LogP contribution is 2.33. The summed E-state index contributed by atoms with van der Waals surface area (Å²) in [7, 11) is 2.04. The van der Waals surface area contributed by atoms with Crippen molar-refractivity contribution in [2.24, 2.45) is 0 Å². The van der Waals surface area contributed by atoms with Crippen molar-refractivity contribution >= 4 is 38.8 Å². The first-order valence-corrected chi connectivity index (χ1v) is 9.85. The molecule has 1 fully saturated rings. The van der Waals surface area contributed by atoms with E-state index < -0.39 is 5.54 Å². The number of nitrogens with one attached hydrogen (secondary N) is 2. The molecule has 2 aromatic rings. The maximum atomic E-state index is 13.1. The summed E-state index contributed by atoms with van der Waals surface area (Å²) in [6, 6.07) is 6.11. The molecular weight excluding hydrogens is 346 g/mol. The smallest absolute Gasteiger partial charge is 0.246 e. The average Bonchev–Trinajstić information content (AvgIpc) is 3.08. The van der Waals surface area contributed by atoms with Crippen LogP contribution in [0.25, 0.3) is 10.1 Å². The number of fused-ring (bicyclic) bond motifs is 1. The second-order valence-corrected chi connectivity index (χ2v) is 8.70. The van der Waals surface area contributed by atoms with Gasteiger partial charge in [0.05, 0.1) is 4.88 Å². The van der Waals surface area contributed by atoms with Crippen molar-refractivity contribution in [2.75, 3.05) is 25.5 Å². The summed E-state index contributed by atoms with van der Waals surface area (Å²) in [4.78, 5) is 27.8. The predicted molar refractivity (Wildman–Crippen MR) is 108 cm³/mol. The number of anilines is 1. The lowest BCUT2D eigenvalue weighted by Crippen LogP contribution is -2.58. The van der Waals surface area contributed by atoms with Gasteiger partial charge >= 0.3 is 0 Å². The molecule has 1 atom stereocenters. The molecule has 0 aliphatic carbocycles. The third-order valence-electron chi connectivity index (χ3n) is 4.97. The molecule has 0 saturated carbocycles. The lowest BCUT2D eigenvalue weighted by atomic mass is 9.95. The van der Waals surface area contributed by atoms with Crippen molar-refractivity contribution in [3.63, 3.8) is 0 Å². The van der Waals surface area contributed by atoms with E-state index in [2.05, 4.69) is 29.4 Å². The van der Waals surface area contributed by atoms with Crippen molar-refractivity contribution in [1.29, 1.82) is 0 Å². The minimum Gasteiger partial charge on any atom is -0.324 e. The Morgan fingerprint density at radius 2 is 2.04 bits per heavy atom. The van der Waals surface area contributed by atoms with Gasteiger partial charge in [0.1, 0.15) is 5.54 Å². The van der Waals surface area contributed by atoms with Crippen LogP contribution in [0.1, 0.15) is 42.4 Å². The number of carbonyl (C=O) groups excluding carboxylic acids is 2. The number of nitrogens with zero attached hydrogens (tertiary/aromatic N) is 1. The van der Waals surface area contributed by atoms with Crippen LogP contribution in [0.2, 0.25) is 0 Å². The standard InChI is InChI=1S/C20H27N3O2S/c1-12(2)22-20(8-9-23(5)11-20)19(25)21-15-6-7-17-16(10-15)13(3)18(26-17)14(4)24/h6-7,10,12,22H,8-9,11H2,1-5H3,(H,21,25)/t20-/m0/s1. The Morgan fingerprint density at radius 1 is 1.31 bits per heavy atom. The molecule has 2 heterocycles. The number of benzene rings is 1. The minimum atomic E-state index is -0.563. The van der Waals surface area contributed by atoms with Crippen LogP contribution < -0.4 is 10.6 Å². The first-order chi connectivity index (χ1) is 12.2. The number of ketones is 1. The zero-order valence-electron chi connectivity index (χ0n) is 16.1. The number of thiophene rings is 1. The van der Waals surface area contributed by atoms with E-state index in [1.807, 2.05) is 32.2 Å². The van der Waals surface area contributed by atoms with Crippen LogP contribution in [-0.2, 0) is 4.79 Å². The Labute approximate surface area is 158 Å². The highest BCUT2D eigenvalue weighted by molar-refractivity contribution is 7.21. The molecule has 0 unspecified atom stereocenters. The monoisotopic (exact) mass is 373 g/mol. The van der Waals surface area contributed by atoms with Crippen LogP contribution in [0.4, 0.5) is 5.69 Å². The number of hydrogen-bond acceptors (Lipinski definition) is 5. The molecule has 1 aliphatic heterocycles. The molecule has 2 N–H and O–H groups in total. The van der Waals surface area contributed by atoms with E-state index >= 15 is 0 Å². The van der Waals surface area contributed by atoms with Gasteiger partial charge in [0, 0.05) is 29.5 Å². The summed E-state index contributed by atoms with van der Waals surface area (Å²) in [6.07, 6.45) is 0.793. The normalized spacial score (nSPS) is 20.8. The number of hydrogen-bond donors (Lipinski definition) is 2. The summed E-state index contributed by atoms with van der Waals surface area (Å²) < 4.78 is 1.07. The second kappa shape index (κ2) is 7.10. The fraction of sp³-hybridized carbons (Fsp3) is 0.500. The molecule has 1 saturated heterocycles. The quantitative estimate of drug-likeness (QED) is 0.789. The molecule has 140 valence electrons. The Kier molecular flexibility index (Phi) is 5.19. The van der Waals surface area contributed by atoms with Gasteiger partial charge in [-0.25, -0.2) is 0 Å². The molecule has 5 nitrogen and oxygen atoms in total. The van der Waals surface area contributed by atoms with Crippen LogP contribution in [0, 0.1) is 6.92 Å². The van der Waals surface area contributed by atoms with E-state index in [1.165, 1.54) is 11.3 Å². The Morgan fingerprint density at radius 3 is 2.62 bits per heavy atom. The van der Waals surface area contributed by atoms with E-state index in [0.717, 1.165) is 39.2 Å². The molecule has 0 spiro atoms. The molecule has 26 heavy (non-hydrogen) atoms. The largest absolute Gasteiger partial charge is 0.324 e. The van der Waals surface area contributed by atoms with Crippen LogP contribution in [-0.4, -0.2) is 48.3 Å². The second-order valence-electron chi connectivity index (χ2n) is 7.65. The number of aryl methyl sites for hydroxylation is 1. The predicted octanol–water partition coefficient (Wildman–Crippen LogP) is 3.42. The number of rotatable bonds is 5. The Bertz CT molecular complexity index is 858. The molecule has 6 heteroatoms. The van der Waals surface area contributed by atoms with Crippen LogP contribution in [0.3, 0.4) is 0 Å². The third kappa shape index (κ3) is 3.54. The van der Waals surface area contributed by atoms with Gasteiger partial charge in [0.2, 0.25) is 5.91 Å². The molecule has 3 rings (SSSR count). The van der Waals surface area contributed by atoms with E-state index in [1.54, 1.807) is 6.92 Å². The van der Waals surface area contributed by atoms with Crippen LogP contribution in [0.5, 0.6) is 0 Å². The van der Waals surface area contributed by atoms with Crippen molar-refractivity contribution in [3.8, 4) is 0 Å². The van der Waals surface area contributed by atoms with Gasteiger partial charge in [0.15, 0.2) is 5.78 Å². The third-order valence-corrected chi connectivity index (χ3v) is 6.35. The van der Waals surface area contributed by atoms with E-state index in [9.17, 15) is 9.59 Å². The number of amides is 1. The first-order valence-electron chi connectivity index (χ1n) is 9.03. The Hall–Kier alpha value is -1.76. The minimum absolute atomic E-state index is 0.00886. The zero-order valence-corrected chi connectivity index (χ0v) is 16.9.